The van der Waals surface area contributed by atoms with Crippen molar-refractivity contribution in [3.63, 3.8) is 0 Å². The van der Waals surface area contributed by atoms with E-state index in [1.54, 1.807) is 4.68 Å². The molecule has 0 radical (unpaired) electrons. The number of hydrogen-bond donors (Lipinski definition) is 1. The van der Waals surface area contributed by atoms with E-state index in [2.05, 4.69) is 10.4 Å². The van der Waals surface area contributed by atoms with Crippen molar-refractivity contribution in [1.82, 2.24) is 9.78 Å². The summed E-state index contributed by atoms with van der Waals surface area (Å²) in [6.45, 7) is 0.717. The number of alkyl halides is 1. The van der Waals surface area contributed by atoms with Crippen molar-refractivity contribution in [3.8, 4) is 0 Å². The fourth-order valence-electron chi connectivity index (χ4n) is 1.55. The normalized spacial score (nSPS) is 10.4. The Hall–Kier alpha value is -1.48. The summed E-state index contributed by atoms with van der Waals surface area (Å²) < 4.78 is 1.80. The third kappa shape index (κ3) is 2.55. The molecule has 1 aromatic heterocycles. The number of benzene rings is 1. The van der Waals surface area contributed by atoms with Gasteiger partial charge in [0, 0.05) is 24.8 Å². The van der Waals surface area contributed by atoms with Gasteiger partial charge in [0.2, 0.25) is 0 Å². The van der Waals surface area contributed by atoms with Crippen molar-refractivity contribution in [2.45, 2.75) is 12.4 Å². The van der Waals surface area contributed by atoms with Gasteiger partial charge in [0.15, 0.2) is 0 Å². The minimum absolute atomic E-state index is 0.519. The van der Waals surface area contributed by atoms with E-state index >= 15 is 0 Å². The number of nitrogens with one attached hydrogen (secondary N) is 1. The van der Waals surface area contributed by atoms with E-state index in [4.69, 9.17) is 11.6 Å². The molecule has 0 aliphatic heterocycles. The summed E-state index contributed by atoms with van der Waals surface area (Å²) in [4.78, 5) is 0. The molecule has 0 amide bonds. The number of aryl methyl sites for hydroxylation is 1. The molecule has 0 spiro atoms. The summed E-state index contributed by atoms with van der Waals surface area (Å²) in [5, 5.41) is 7.64. The van der Waals surface area contributed by atoms with E-state index in [9.17, 15) is 0 Å². The molecular weight excluding hydrogens is 222 g/mol. The smallest absolute Gasteiger partial charge is 0.0815 e. The lowest BCUT2D eigenvalue weighted by Crippen LogP contribution is -2.03. The van der Waals surface area contributed by atoms with Gasteiger partial charge in [-0.15, -0.1) is 11.6 Å². The molecular formula is C12H14ClN3. The van der Waals surface area contributed by atoms with Crippen molar-refractivity contribution >= 4 is 17.3 Å². The Morgan fingerprint density at radius 2 is 2.12 bits per heavy atom. The maximum atomic E-state index is 5.86. The zero-order valence-electron chi connectivity index (χ0n) is 9.15. The van der Waals surface area contributed by atoms with Gasteiger partial charge in [0.05, 0.1) is 12.2 Å². The number of anilines is 1. The topological polar surface area (TPSA) is 29.9 Å². The molecule has 0 saturated carbocycles. The van der Waals surface area contributed by atoms with Crippen LogP contribution in [0.4, 0.5) is 5.69 Å². The summed E-state index contributed by atoms with van der Waals surface area (Å²) in [6, 6.07) is 10.0. The van der Waals surface area contributed by atoms with Crippen LogP contribution >= 0.6 is 11.6 Å². The van der Waals surface area contributed by atoms with E-state index in [1.165, 1.54) is 0 Å². The van der Waals surface area contributed by atoms with E-state index in [-0.39, 0.29) is 0 Å². The predicted molar refractivity (Wildman–Crippen MR) is 66.5 cm³/mol. The number of nitrogens with zero attached hydrogens (tertiary/aromatic N) is 2. The largest absolute Gasteiger partial charge is 0.379 e. The Morgan fingerprint density at radius 3 is 2.81 bits per heavy atom. The predicted octanol–water partition coefficient (Wildman–Crippen LogP) is 2.77. The van der Waals surface area contributed by atoms with Crippen molar-refractivity contribution in [2.24, 2.45) is 7.05 Å². The molecule has 3 nitrogen and oxygen atoms in total. The van der Waals surface area contributed by atoms with Crippen LogP contribution < -0.4 is 5.32 Å². The van der Waals surface area contributed by atoms with Gasteiger partial charge in [0.1, 0.15) is 0 Å². The third-order valence-electron chi connectivity index (χ3n) is 2.39. The summed E-state index contributed by atoms with van der Waals surface area (Å²) >= 11 is 5.86. The Morgan fingerprint density at radius 1 is 1.31 bits per heavy atom. The number of rotatable bonds is 4. The molecule has 0 atom stereocenters. The van der Waals surface area contributed by atoms with Crippen LogP contribution in [0.3, 0.4) is 0 Å². The monoisotopic (exact) mass is 235 g/mol. The van der Waals surface area contributed by atoms with Crippen LogP contribution in [-0.2, 0) is 19.5 Å². The van der Waals surface area contributed by atoms with E-state index in [1.807, 2.05) is 43.6 Å². The highest BCUT2D eigenvalue weighted by Crippen LogP contribution is 2.17. The molecule has 0 aliphatic carbocycles. The fraction of sp³-hybridized carbons (Fsp3) is 0.250. The molecule has 1 N–H and O–H groups in total. The van der Waals surface area contributed by atoms with Crippen molar-refractivity contribution in [3.05, 3.63) is 47.8 Å². The van der Waals surface area contributed by atoms with Gasteiger partial charge in [-0.2, -0.15) is 5.10 Å². The van der Waals surface area contributed by atoms with Crippen LogP contribution in [0.25, 0.3) is 0 Å². The fourth-order valence-corrected chi connectivity index (χ4v) is 1.79. The molecule has 1 heterocycles. The van der Waals surface area contributed by atoms with Gasteiger partial charge >= 0.3 is 0 Å². The molecule has 0 aliphatic rings. The lowest BCUT2D eigenvalue weighted by Gasteiger charge is -2.08. The molecule has 4 heteroatoms. The first kappa shape index (κ1) is 11.0. The summed E-state index contributed by atoms with van der Waals surface area (Å²) in [6.07, 6.45) is 1.93. The van der Waals surface area contributed by atoms with Crippen molar-refractivity contribution < 1.29 is 0 Å². The molecule has 0 bridgehead atoms. The SMILES string of the molecule is Cn1ccc(CNc2ccccc2CCl)n1. The maximum absolute atomic E-state index is 5.86. The van der Waals surface area contributed by atoms with Gasteiger partial charge in [-0.25, -0.2) is 0 Å². The minimum Gasteiger partial charge on any atom is -0.379 e. The summed E-state index contributed by atoms with van der Waals surface area (Å²) in [5.41, 5.74) is 3.20. The van der Waals surface area contributed by atoms with E-state index in [0.717, 1.165) is 23.5 Å². The number of para-hydroxylation sites is 1. The molecule has 16 heavy (non-hydrogen) atoms. The van der Waals surface area contributed by atoms with Crippen LogP contribution in [0.5, 0.6) is 0 Å². The molecule has 0 saturated heterocycles. The average molecular weight is 236 g/mol. The van der Waals surface area contributed by atoms with Gasteiger partial charge in [0.25, 0.3) is 0 Å². The van der Waals surface area contributed by atoms with E-state index in [0.29, 0.717) is 5.88 Å². The highest BCUT2D eigenvalue weighted by Gasteiger charge is 2.01. The standard InChI is InChI=1S/C12H14ClN3/c1-16-7-6-11(15-16)9-14-12-5-3-2-4-10(12)8-13/h2-7,14H,8-9H2,1H3. The van der Waals surface area contributed by atoms with E-state index < -0.39 is 0 Å². The molecule has 84 valence electrons. The van der Waals surface area contributed by atoms with Gasteiger partial charge < -0.3 is 5.32 Å². The molecule has 2 rings (SSSR count). The Bertz CT molecular complexity index is 465. The van der Waals surface area contributed by atoms with Crippen LogP contribution in [0.1, 0.15) is 11.3 Å². The van der Waals surface area contributed by atoms with Gasteiger partial charge in [-0.1, -0.05) is 18.2 Å². The number of hydrogen-bond acceptors (Lipinski definition) is 2. The lowest BCUT2D eigenvalue weighted by molar-refractivity contribution is 0.747. The molecule has 1 aromatic carbocycles. The summed E-state index contributed by atoms with van der Waals surface area (Å²) in [5.74, 6) is 0.519. The summed E-state index contributed by atoms with van der Waals surface area (Å²) in [7, 11) is 1.91. The van der Waals surface area contributed by atoms with Crippen LogP contribution in [0, 0.1) is 0 Å². The highest BCUT2D eigenvalue weighted by molar-refractivity contribution is 6.17. The Balaban J connectivity index is 2.04. The maximum Gasteiger partial charge on any atom is 0.0815 e. The van der Waals surface area contributed by atoms with Crippen LogP contribution in [0.2, 0.25) is 0 Å². The zero-order valence-corrected chi connectivity index (χ0v) is 9.91. The second kappa shape index (κ2) is 5.03. The molecule has 2 aromatic rings. The first-order chi connectivity index (χ1) is 7.79. The van der Waals surface area contributed by atoms with Crippen LogP contribution in [-0.4, -0.2) is 9.78 Å². The first-order valence-electron chi connectivity index (χ1n) is 5.16. The van der Waals surface area contributed by atoms with Crippen molar-refractivity contribution in [2.75, 3.05) is 5.32 Å². The average Bonchev–Trinajstić information content (AvgIpc) is 2.73. The quantitative estimate of drug-likeness (QED) is 0.826. The second-order valence-corrected chi connectivity index (χ2v) is 3.89. The molecule has 0 unspecified atom stereocenters. The Kier molecular flexibility index (Phi) is 3.47. The number of aromatic nitrogens is 2. The third-order valence-corrected chi connectivity index (χ3v) is 2.68. The number of halogens is 1. The van der Waals surface area contributed by atoms with Crippen molar-refractivity contribution in [1.29, 1.82) is 0 Å². The van der Waals surface area contributed by atoms with Gasteiger partial charge in [-0.3, -0.25) is 4.68 Å². The molecule has 0 fully saturated rings. The zero-order chi connectivity index (χ0) is 11.4. The second-order valence-electron chi connectivity index (χ2n) is 3.63. The lowest BCUT2D eigenvalue weighted by atomic mass is 10.2. The van der Waals surface area contributed by atoms with Crippen LogP contribution in [0.15, 0.2) is 36.5 Å². The first-order valence-corrected chi connectivity index (χ1v) is 5.69. The highest BCUT2D eigenvalue weighted by atomic mass is 35.5. The minimum atomic E-state index is 0.519. The van der Waals surface area contributed by atoms with Gasteiger partial charge in [-0.05, 0) is 17.7 Å². The Labute approximate surface area is 100 Å².